The van der Waals surface area contributed by atoms with Crippen LogP contribution in [0.15, 0.2) is 30.6 Å². The number of nitrogens with one attached hydrogen (secondary N) is 1. The molecule has 33 heavy (non-hydrogen) atoms. The van der Waals surface area contributed by atoms with Gasteiger partial charge in [-0.3, -0.25) is 4.79 Å². The van der Waals surface area contributed by atoms with Crippen LogP contribution in [-0.4, -0.2) is 69.5 Å². The van der Waals surface area contributed by atoms with Gasteiger partial charge in [0.2, 0.25) is 11.8 Å². The van der Waals surface area contributed by atoms with Crippen molar-refractivity contribution in [2.75, 3.05) is 36.5 Å². The van der Waals surface area contributed by atoms with E-state index in [0.29, 0.717) is 16.7 Å². The third kappa shape index (κ3) is 5.69. The number of fused-ring (bicyclic) bond motifs is 1. The first-order valence-corrected chi connectivity index (χ1v) is 11.6. The maximum atomic E-state index is 11.4. The molecule has 3 heterocycles. The lowest BCUT2D eigenvalue weighted by atomic mass is 10.1. The van der Waals surface area contributed by atoms with Gasteiger partial charge in [0.05, 0.1) is 6.10 Å². The Kier molecular flexibility index (Phi) is 7.24. The van der Waals surface area contributed by atoms with Crippen LogP contribution in [0.4, 0.5) is 17.2 Å². The molecule has 176 valence electrons. The van der Waals surface area contributed by atoms with E-state index in [2.05, 4.69) is 25.1 Å². The van der Waals surface area contributed by atoms with Crippen molar-refractivity contribution in [3.8, 4) is 5.88 Å². The number of aromatic nitrogens is 2. The number of anilines is 3. The molecule has 2 aliphatic rings. The summed E-state index contributed by atoms with van der Waals surface area (Å²) in [6.07, 6.45) is 4.18. The molecule has 0 saturated carbocycles. The van der Waals surface area contributed by atoms with Crippen LogP contribution in [0.1, 0.15) is 32.3 Å². The fourth-order valence-electron chi connectivity index (χ4n) is 4.06. The molecular formula is C23H29N5O4S. The molecule has 4 rings (SSSR count). The van der Waals surface area contributed by atoms with Crippen LogP contribution in [-0.2, 0) is 16.0 Å². The Bertz CT molecular complexity index is 1010. The van der Waals surface area contributed by atoms with E-state index in [4.69, 9.17) is 26.8 Å². The highest BCUT2D eigenvalue weighted by molar-refractivity contribution is 7.80. The lowest BCUT2D eigenvalue weighted by molar-refractivity contribution is -0.118. The maximum Gasteiger partial charge on any atom is 0.259 e. The second kappa shape index (κ2) is 10.3. The number of rotatable bonds is 6. The summed E-state index contributed by atoms with van der Waals surface area (Å²) in [5.41, 5.74) is 2.82. The summed E-state index contributed by atoms with van der Waals surface area (Å²) < 4.78 is 11.8. The number of thiocarbonyl (C=S) groups is 1. The number of amides is 1. The quantitative estimate of drug-likeness (QED) is 0.616. The molecule has 2 aliphatic heterocycles. The number of likely N-dealkylation sites (tertiary alicyclic amines) is 1. The normalized spacial score (nSPS) is 16.0. The zero-order valence-electron chi connectivity index (χ0n) is 18.9. The van der Waals surface area contributed by atoms with Crippen molar-refractivity contribution in [2.45, 2.75) is 45.3 Å². The molecule has 1 amide bonds. The Morgan fingerprint density at radius 1 is 1.24 bits per heavy atom. The minimum absolute atomic E-state index is 0.0643. The minimum atomic E-state index is -0.537. The van der Waals surface area contributed by atoms with Crippen molar-refractivity contribution in [2.24, 2.45) is 0 Å². The highest BCUT2D eigenvalue weighted by Gasteiger charge is 2.25. The summed E-state index contributed by atoms with van der Waals surface area (Å²) >= 11 is 5.37. The Morgan fingerprint density at radius 3 is 2.76 bits per heavy atom. The third-order valence-electron chi connectivity index (χ3n) is 5.63. The number of hydrogen-bond donors (Lipinski definition) is 2. The number of carbonyl (C=O) groups excluding carboxylic acids is 1. The molecule has 0 atom stereocenters. The standard InChI is InChI=1S/C23H29N5O4S/c1-15(2)31-23(33)27-8-6-18(7-9-27)32-22-12-20(24-14-25-22)28-10-5-16-11-17(3-4-19(16)28)26-21(30)13-29/h3-4,11-12,14-15,18,29H,5-10,13H2,1-2H3,(H,26,30). The summed E-state index contributed by atoms with van der Waals surface area (Å²) in [6, 6.07) is 7.58. The van der Waals surface area contributed by atoms with Crippen LogP contribution in [0.5, 0.6) is 5.88 Å². The fourth-order valence-corrected chi connectivity index (χ4v) is 4.44. The molecule has 1 fully saturated rings. The van der Waals surface area contributed by atoms with Gasteiger partial charge in [0, 0.05) is 49.9 Å². The van der Waals surface area contributed by atoms with Gasteiger partial charge < -0.3 is 29.7 Å². The monoisotopic (exact) mass is 471 g/mol. The second-order valence-corrected chi connectivity index (χ2v) is 8.75. The van der Waals surface area contributed by atoms with Crippen molar-refractivity contribution >= 4 is 40.5 Å². The lowest BCUT2D eigenvalue weighted by Gasteiger charge is -2.33. The molecule has 1 aromatic carbocycles. The maximum absolute atomic E-state index is 11.4. The van der Waals surface area contributed by atoms with Gasteiger partial charge in [-0.1, -0.05) is 0 Å². The zero-order valence-corrected chi connectivity index (χ0v) is 19.7. The van der Waals surface area contributed by atoms with Crippen LogP contribution in [0.3, 0.4) is 0 Å². The Hall–Kier alpha value is -2.98. The number of nitrogens with zero attached hydrogens (tertiary/aromatic N) is 4. The van der Waals surface area contributed by atoms with E-state index >= 15 is 0 Å². The van der Waals surface area contributed by atoms with E-state index in [-0.39, 0.29) is 12.2 Å². The van der Waals surface area contributed by atoms with Crippen molar-refractivity contribution in [3.63, 3.8) is 0 Å². The zero-order chi connectivity index (χ0) is 23.4. The SMILES string of the molecule is CC(C)OC(=S)N1CCC(Oc2cc(N3CCc4cc(NC(=O)CO)ccc43)ncn2)CC1. The van der Waals surface area contributed by atoms with Gasteiger partial charge in [-0.15, -0.1) is 0 Å². The number of hydrogen-bond acceptors (Lipinski definition) is 8. The smallest absolute Gasteiger partial charge is 0.259 e. The first-order valence-electron chi connectivity index (χ1n) is 11.2. The van der Waals surface area contributed by atoms with Crippen LogP contribution >= 0.6 is 12.2 Å². The van der Waals surface area contributed by atoms with Crippen LogP contribution < -0.4 is 15.0 Å². The van der Waals surface area contributed by atoms with Gasteiger partial charge in [0.25, 0.3) is 5.17 Å². The fraction of sp³-hybridized carbons (Fsp3) is 0.478. The van der Waals surface area contributed by atoms with Gasteiger partial charge in [-0.25, -0.2) is 9.97 Å². The molecule has 9 nitrogen and oxygen atoms in total. The van der Waals surface area contributed by atoms with Crippen LogP contribution in [0, 0.1) is 0 Å². The Morgan fingerprint density at radius 2 is 2.03 bits per heavy atom. The van der Waals surface area contributed by atoms with Crippen molar-refractivity contribution in [3.05, 3.63) is 36.2 Å². The summed E-state index contributed by atoms with van der Waals surface area (Å²) in [5, 5.41) is 12.2. The molecule has 0 radical (unpaired) electrons. The topological polar surface area (TPSA) is 100 Å². The van der Waals surface area contributed by atoms with Gasteiger partial charge >= 0.3 is 0 Å². The first kappa shape index (κ1) is 23.2. The van der Waals surface area contributed by atoms with Crippen LogP contribution in [0.25, 0.3) is 0 Å². The van der Waals surface area contributed by atoms with E-state index in [1.165, 1.54) is 6.33 Å². The minimum Gasteiger partial charge on any atom is -0.474 e. The largest absolute Gasteiger partial charge is 0.474 e. The lowest BCUT2D eigenvalue weighted by Crippen LogP contribution is -2.42. The van der Waals surface area contributed by atoms with Gasteiger partial charge in [0.15, 0.2) is 0 Å². The molecule has 0 bridgehead atoms. The Labute approximate surface area is 198 Å². The van der Waals surface area contributed by atoms with E-state index < -0.39 is 12.5 Å². The number of carbonyl (C=O) groups is 1. The van der Waals surface area contributed by atoms with Crippen molar-refractivity contribution in [1.29, 1.82) is 0 Å². The molecule has 0 spiro atoms. The molecule has 1 aromatic heterocycles. The summed E-state index contributed by atoms with van der Waals surface area (Å²) in [7, 11) is 0. The highest BCUT2D eigenvalue weighted by Crippen LogP contribution is 2.36. The Balaban J connectivity index is 1.38. The predicted molar refractivity (Wildman–Crippen MR) is 129 cm³/mol. The number of aliphatic hydroxyl groups is 1. The van der Waals surface area contributed by atoms with E-state index in [0.717, 1.165) is 56.0 Å². The van der Waals surface area contributed by atoms with Gasteiger partial charge in [0.1, 0.15) is 24.9 Å². The number of ether oxygens (including phenoxy) is 2. The average molecular weight is 472 g/mol. The van der Waals surface area contributed by atoms with Crippen LogP contribution in [0.2, 0.25) is 0 Å². The summed E-state index contributed by atoms with van der Waals surface area (Å²) in [6.45, 7) is 5.77. The second-order valence-electron chi connectivity index (χ2n) is 8.40. The molecular weight excluding hydrogens is 442 g/mol. The number of piperidine rings is 1. The third-order valence-corrected chi connectivity index (χ3v) is 5.99. The summed E-state index contributed by atoms with van der Waals surface area (Å²) in [4.78, 5) is 24.4. The van der Waals surface area contributed by atoms with Crippen molar-refractivity contribution < 1.29 is 19.4 Å². The van der Waals surface area contributed by atoms with Gasteiger partial charge in [-0.2, -0.15) is 0 Å². The van der Waals surface area contributed by atoms with E-state index in [1.807, 2.05) is 38.1 Å². The molecule has 0 unspecified atom stereocenters. The first-order chi connectivity index (χ1) is 15.9. The number of aliphatic hydroxyl groups excluding tert-OH is 1. The average Bonchev–Trinajstić information content (AvgIpc) is 3.22. The molecule has 2 aromatic rings. The molecule has 10 heteroatoms. The predicted octanol–water partition coefficient (Wildman–Crippen LogP) is 2.65. The van der Waals surface area contributed by atoms with E-state index in [9.17, 15) is 4.79 Å². The van der Waals surface area contributed by atoms with Crippen molar-refractivity contribution in [1.82, 2.24) is 14.9 Å². The highest BCUT2D eigenvalue weighted by atomic mass is 32.1. The van der Waals surface area contributed by atoms with Gasteiger partial charge in [-0.05, 0) is 56.2 Å². The number of benzene rings is 1. The van der Waals surface area contributed by atoms with E-state index in [1.54, 1.807) is 0 Å². The molecule has 2 N–H and O–H groups in total. The molecule has 1 saturated heterocycles. The molecule has 0 aliphatic carbocycles. The summed E-state index contributed by atoms with van der Waals surface area (Å²) in [5.74, 6) is 0.900.